The van der Waals surface area contributed by atoms with E-state index in [1.807, 2.05) is 24.3 Å². The van der Waals surface area contributed by atoms with E-state index in [0.717, 1.165) is 58.4 Å². The van der Waals surface area contributed by atoms with Gasteiger partial charge in [-0.1, -0.05) is 159 Å². The molecule has 0 radical (unpaired) electrons. The van der Waals surface area contributed by atoms with Crippen LogP contribution in [-0.4, -0.2) is 92.2 Å². The zero-order valence-electron chi connectivity index (χ0n) is 50.2. The lowest BCUT2D eigenvalue weighted by Crippen LogP contribution is -2.54. The van der Waals surface area contributed by atoms with E-state index in [1.54, 1.807) is 38.1 Å². The highest BCUT2D eigenvalue weighted by Crippen LogP contribution is 2.32. The molecule has 2 atom stereocenters. The summed E-state index contributed by atoms with van der Waals surface area (Å²) in [5.74, 6) is -1.30. The van der Waals surface area contributed by atoms with Crippen molar-refractivity contribution in [2.75, 3.05) is 23.7 Å². The van der Waals surface area contributed by atoms with Crippen molar-refractivity contribution in [1.29, 1.82) is 0 Å². The number of nitrogens with one attached hydrogen (secondary N) is 6. The second-order valence-corrected chi connectivity index (χ2v) is 22.4. The standard InChI is InChI=1S/C65H89N11O9/c1-5-7-9-10-11-12-13-14-15-16-18-28-54(77)68-42-46-30-32-47(33-31-46)43-76-53(27-8-6-2)72-59-60(76)50-24-20-21-25-51(50)70-61(59)74-65(84)85-44-48-34-36-49(37-35-48)69-62(81)52(26-23-40-67-64(66)83)71-63(82)58(45(3)4)73-55(78)29-19-17-22-41-75-56(79)38-39-57(75)80/h20-21,24-25,30-39,45,52,58H,5-19,22-23,26-29,40-44H2,1-4H3,(H,68,77)(H,69,81)(H,71,82)(H,73,78)(H3,66,67,83)(H,70,74,84)/t52-,58-/m0/s1. The van der Waals surface area contributed by atoms with Crippen LogP contribution in [0.15, 0.2) is 84.9 Å². The van der Waals surface area contributed by atoms with E-state index in [-0.39, 0.29) is 67.9 Å². The number of imidazole rings is 1. The molecule has 5 aromatic rings. The number of carbonyl (C=O) groups is 8. The van der Waals surface area contributed by atoms with Crippen LogP contribution < -0.4 is 37.6 Å². The number of carbonyl (C=O) groups excluding carboxylic acids is 8. The first-order chi connectivity index (χ1) is 41.1. The third-order valence-electron chi connectivity index (χ3n) is 15.1. The van der Waals surface area contributed by atoms with Crippen LogP contribution in [0.5, 0.6) is 0 Å². The average molecular weight is 1170 g/mol. The van der Waals surface area contributed by atoms with Gasteiger partial charge in [-0.05, 0) is 79.3 Å². The quantitative estimate of drug-likeness (QED) is 0.0144. The summed E-state index contributed by atoms with van der Waals surface area (Å²) in [5.41, 5.74) is 10.4. The Morgan fingerprint density at radius 1 is 0.624 bits per heavy atom. The minimum absolute atomic E-state index is 0.0795. The Hall–Kier alpha value is -8.16. The molecule has 0 aliphatic carbocycles. The first-order valence-corrected chi connectivity index (χ1v) is 30.8. The number of imide groups is 1. The number of urea groups is 1. The van der Waals surface area contributed by atoms with Crippen molar-refractivity contribution in [2.45, 2.75) is 194 Å². The number of anilines is 2. The molecule has 9 amide bonds. The summed E-state index contributed by atoms with van der Waals surface area (Å²) in [6, 6.07) is 19.9. The number of pyridine rings is 1. The second-order valence-electron chi connectivity index (χ2n) is 22.4. The van der Waals surface area contributed by atoms with Crippen LogP contribution in [0.2, 0.25) is 0 Å². The van der Waals surface area contributed by atoms with Crippen molar-refractivity contribution in [2.24, 2.45) is 11.7 Å². The minimum Gasteiger partial charge on any atom is -0.444 e. The molecule has 0 spiro atoms. The molecule has 0 saturated carbocycles. The molecule has 1 aliphatic rings. The fourth-order valence-electron chi connectivity index (χ4n) is 10.3. The summed E-state index contributed by atoms with van der Waals surface area (Å²) in [6.45, 7) is 9.22. The first-order valence-electron chi connectivity index (χ1n) is 30.8. The highest BCUT2D eigenvalue weighted by atomic mass is 16.5. The first kappa shape index (κ1) is 66.0. The van der Waals surface area contributed by atoms with E-state index in [2.05, 4.69) is 74.6 Å². The van der Waals surface area contributed by atoms with E-state index in [0.29, 0.717) is 73.9 Å². The van der Waals surface area contributed by atoms with Gasteiger partial charge in [0, 0.05) is 68.7 Å². The van der Waals surface area contributed by atoms with Crippen molar-refractivity contribution in [3.63, 3.8) is 0 Å². The van der Waals surface area contributed by atoms with Crippen LogP contribution >= 0.6 is 0 Å². The fraction of sp³-hybridized carbons (Fsp3) is 0.508. The van der Waals surface area contributed by atoms with Crippen LogP contribution in [0.1, 0.15) is 179 Å². The highest BCUT2D eigenvalue weighted by molar-refractivity contribution is 6.13. The summed E-state index contributed by atoms with van der Waals surface area (Å²) >= 11 is 0. The predicted octanol–water partition coefficient (Wildman–Crippen LogP) is 10.5. The smallest absolute Gasteiger partial charge is 0.413 e. The van der Waals surface area contributed by atoms with Gasteiger partial charge in [0.25, 0.3) is 11.8 Å². The zero-order chi connectivity index (χ0) is 60.9. The van der Waals surface area contributed by atoms with Crippen molar-refractivity contribution in [3.05, 3.63) is 107 Å². The van der Waals surface area contributed by atoms with E-state index in [1.165, 1.54) is 69.9 Å². The summed E-state index contributed by atoms with van der Waals surface area (Å²) in [7, 11) is 0. The number of hydrogen-bond acceptors (Lipinski definition) is 11. The van der Waals surface area contributed by atoms with E-state index < -0.39 is 36.0 Å². The molecular formula is C65H89N11O9. The maximum absolute atomic E-state index is 13.8. The lowest BCUT2D eigenvalue weighted by atomic mass is 10.0. The van der Waals surface area contributed by atoms with E-state index in [9.17, 15) is 38.4 Å². The molecule has 8 N–H and O–H groups in total. The Morgan fingerprint density at radius 2 is 1.24 bits per heavy atom. The molecule has 0 unspecified atom stereocenters. The largest absolute Gasteiger partial charge is 0.444 e. The lowest BCUT2D eigenvalue weighted by molar-refractivity contribution is -0.137. The fourth-order valence-corrected chi connectivity index (χ4v) is 10.3. The van der Waals surface area contributed by atoms with Crippen LogP contribution in [0, 0.1) is 5.92 Å². The molecular weight excluding hydrogens is 1080 g/mol. The summed E-state index contributed by atoms with van der Waals surface area (Å²) in [6.07, 6.45) is 20.7. The molecule has 20 heteroatoms. The maximum atomic E-state index is 13.8. The lowest BCUT2D eigenvalue weighted by Gasteiger charge is -2.25. The molecule has 20 nitrogen and oxygen atoms in total. The maximum Gasteiger partial charge on any atom is 0.413 e. The van der Waals surface area contributed by atoms with Gasteiger partial charge in [-0.25, -0.2) is 19.6 Å². The third kappa shape index (κ3) is 21.8. The normalized spacial score (nSPS) is 12.8. The molecule has 3 aromatic carbocycles. The van der Waals surface area contributed by atoms with Gasteiger partial charge in [0.1, 0.15) is 30.0 Å². The number of amides is 9. The molecule has 2 aromatic heterocycles. The number of benzene rings is 3. The third-order valence-corrected chi connectivity index (χ3v) is 15.1. The Bertz CT molecular complexity index is 3030. The van der Waals surface area contributed by atoms with Crippen LogP contribution in [0.25, 0.3) is 21.9 Å². The topological polar surface area (TPSA) is 278 Å². The number of nitrogens with two attached hydrogens (primary N) is 1. The number of para-hydroxylation sites is 1. The summed E-state index contributed by atoms with van der Waals surface area (Å²) in [5, 5.41) is 17.8. The van der Waals surface area contributed by atoms with Crippen LogP contribution in [0.4, 0.5) is 21.1 Å². The van der Waals surface area contributed by atoms with Gasteiger partial charge >= 0.3 is 12.1 Å². The van der Waals surface area contributed by atoms with Crippen molar-refractivity contribution < 1.29 is 43.1 Å². The number of ether oxygens (including phenoxy) is 1. The molecule has 85 heavy (non-hydrogen) atoms. The van der Waals surface area contributed by atoms with Gasteiger partial charge in [-0.3, -0.25) is 39.0 Å². The van der Waals surface area contributed by atoms with Gasteiger partial charge < -0.3 is 41.6 Å². The molecule has 3 heterocycles. The van der Waals surface area contributed by atoms with Crippen molar-refractivity contribution in [1.82, 2.24) is 40.7 Å². The molecule has 458 valence electrons. The van der Waals surface area contributed by atoms with Crippen LogP contribution in [-0.2, 0) is 59.6 Å². The summed E-state index contributed by atoms with van der Waals surface area (Å²) in [4.78, 5) is 113. The van der Waals surface area contributed by atoms with Gasteiger partial charge in [-0.15, -0.1) is 0 Å². The van der Waals surface area contributed by atoms with Gasteiger partial charge in [-0.2, -0.15) is 0 Å². The van der Waals surface area contributed by atoms with Crippen molar-refractivity contribution >= 4 is 81.0 Å². The molecule has 6 rings (SSSR count). The number of nitrogens with zero attached hydrogens (tertiary/aromatic N) is 4. The molecule has 0 bridgehead atoms. The van der Waals surface area contributed by atoms with E-state index in [4.69, 9.17) is 20.4 Å². The Labute approximate surface area is 500 Å². The number of primary amides is 1. The monoisotopic (exact) mass is 1170 g/mol. The van der Waals surface area contributed by atoms with Gasteiger partial charge in [0.05, 0.1) is 11.0 Å². The average Bonchev–Trinajstić information content (AvgIpc) is 1.76. The predicted molar refractivity (Wildman–Crippen MR) is 331 cm³/mol. The SMILES string of the molecule is CCCCCCCCCCCCCC(=O)NCc1ccc(Cn2c(CCCC)nc3c(NC(=O)OCc4ccc(NC(=O)[C@H](CCCNC(N)=O)NC(=O)[C@@H](NC(=O)CCCCCN5C(=O)C=CC5=O)C(C)C)cc4)nc4ccccc4c32)cc1. The Kier molecular flexibility index (Phi) is 27.3. The van der Waals surface area contributed by atoms with E-state index >= 15 is 0 Å². The number of hydrogen-bond donors (Lipinski definition) is 7. The number of unbranched alkanes of at least 4 members (excludes halogenated alkanes) is 13. The van der Waals surface area contributed by atoms with Gasteiger partial charge in [0.2, 0.25) is 23.6 Å². The molecule has 0 fully saturated rings. The molecule has 0 saturated heterocycles. The van der Waals surface area contributed by atoms with Crippen LogP contribution in [0.3, 0.4) is 0 Å². The minimum atomic E-state index is -1.06. The Morgan fingerprint density at radius 3 is 1.89 bits per heavy atom. The Balaban J connectivity index is 1.02. The van der Waals surface area contributed by atoms with Gasteiger partial charge in [0.15, 0.2) is 5.82 Å². The number of aromatic nitrogens is 3. The highest BCUT2D eigenvalue weighted by Gasteiger charge is 2.29. The second kappa shape index (κ2) is 35.2. The summed E-state index contributed by atoms with van der Waals surface area (Å²) < 4.78 is 7.91. The zero-order valence-corrected chi connectivity index (χ0v) is 50.2. The van der Waals surface area contributed by atoms with Crippen molar-refractivity contribution in [3.8, 4) is 0 Å². The number of fused-ring (bicyclic) bond motifs is 3. The number of aryl methyl sites for hydroxylation is 1. The number of rotatable bonds is 38. The molecule has 1 aliphatic heterocycles.